The summed E-state index contributed by atoms with van der Waals surface area (Å²) >= 11 is 0. The molecule has 0 amide bonds. The fourth-order valence-corrected chi connectivity index (χ4v) is 3.22. The van der Waals surface area contributed by atoms with E-state index in [4.69, 9.17) is 0 Å². The topological polar surface area (TPSA) is 74.2 Å². The van der Waals surface area contributed by atoms with Crippen LogP contribution in [0.1, 0.15) is 35.2 Å². The summed E-state index contributed by atoms with van der Waals surface area (Å²) in [7, 11) is 0. The summed E-state index contributed by atoms with van der Waals surface area (Å²) in [5, 5.41) is 13.1. The van der Waals surface area contributed by atoms with Crippen LogP contribution in [0.5, 0.6) is 0 Å². The van der Waals surface area contributed by atoms with Crippen LogP contribution in [0.3, 0.4) is 0 Å². The zero-order valence-electron chi connectivity index (χ0n) is 15.4. The predicted octanol–water partition coefficient (Wildman–Crippen LogP) is 4.85. The largest absolute Gasteiger partial charge is 0.410 e. The van der Waals surface area contributed by atoms with Crippen molar-refractivity contribution in [3.8, 4) is 11.4 Å². The van der Waals surface area contributed by atoms with Gasteiger partial charge in [-0.3, -0.25) is 4.98 Å². The standard InChI is InChI=1S/C23H20N4O/c1-16(21-15-25-23(26-21)18-10-12-24-13-11-18)19-8-5-9-20(14-19)22(27-28)17-6-3-2-4-7-17/h2-16,28H,1H3,(H,25,26). The molecule has 0 bridgehead atoms. The van der Waals surface area contributed by atoms with Gasteiger partial charge < -0.3 is 10.2 Å². The normalized spacial score (nSPS) is 12.7. The molecule has 2 aromatic heterocycles. The Morgan fingerprint density at radius 2 is 1.71 bits per heavy atom. The molecule has 28 heavy (non-hydrogen) atoms. The maximum atomic E-state index is 9.58. The monoisotopic (exact) mass is 368 g/mol. The average Bonchev–Trinajstić information content (AvgIpc) is 3.26. The summed E-state index contributed by atoms with van der Waals surface area (Å²) in [4.78, 5) is 12.0. The summed E-state index contributed by atoms with van der Waals surface area (Å²) in [5.74, 6) is 0.932. The van der Waals surface area contributed by atoms with Gasteiger partial charge in [0.05, 0.1) is 0 Å². The number of nitrogens with one attached hydrogen (secondary N) is 1. The number of hydrogen-bond acceptors (Lipinski definition) is 4. The highest BCUT2D eigenvalue weighted by Crippen LogP contribution is 2.26. The van der Waals surface area contributed by atoms with Crippen molar-refractivity contribution in [3.05, 3.63) is 108 Å². The van der Waals surface area contributed by atoms with Gasteiger partial charge in [-0.15, -0.1) is 0 Å². The van der Waals surface area contributed by atoms with E-state index in [1.807, 2.05) is 60.8 Å². The van der Waals surface area contributed by atoms with Crippen LogP contribution in [0.25, 0.3) is 11.4 Å². The molecule has 0 fully saturated rings. The van der Waals surface area contributed by atoms with Crippen molar-refractivity contribution >= 4 is 5.71 Å². The van der Waals surface area contributed by atoms with Gasteiger partial charge in [0.15, 0.2) is 0 Å². The number of H-pyrrole nitrogens is 1. The number of benzene rings is 2. The predicted molar refractivity (Wildman–Crippen MR) is 110 cm³/mol. The minimum absolute atomic E-state index is 0.110. The Balaban J connectivity index is 1.64. The lowest BCUT2D eigenvalue weighted by molar-refractivity contribution is 0.319. The maximum Gasteiger partial charge on any atom is 0.137 e. The number of imidazole rings is 1. The molecule has 0 radical (unpaired) electrons. The van der Waals surface area contributed by atoms with Gasteiger partial charge in [0, 0.05) is 46.9 Å². The number of oxime groups is 1. The molecule has 1 unspecified atom stereocenters. The summed E-state index contributed by atoms with van der Waals surface area (Å²) in [6.07, 6.45) is 5.37. The first-order valence-electron chi connectivity index (χ1n) is 9.09. The maximum absolute atomic E-state index is 9.58. The number of rotatable bonds is 5. The van der Waals surface area contributed by atoms with Gasteiger partial charge in [-0.25, -0.2) is 4.98 Å². The quantitative estimate of drug-likeness (QED) is 0.300. The van der Waals surface area contributed by atoms with Crippen LogP contribution >= 0.6 is 0 Å². The zero-order chi connectivity index (χ0) is 19.3. The second-order valence-electron chi connectivity index (χ2n) is 6.58. The third kappa shape index (κ3) is 3.55. The molecule has 0 saturated carbocycles. The highest BCUT2D eigenvalue weighted by molar-refractivity contribution is 6.12. The van der Waals surface area contributed by atoms with Crippen LogP contribution in [0, 0.1) is 0 Å². The van der Waals surface area contributed by atoms with Crippen LogP contribution in [0.15, 0.2) is 90.5 Å². The molecule has 0 aliphatic heterocycles. The van der Waals surface area contributed by atoms with E-state index in [0.29, 0.717) is 5.71 Å². The Labute approximate surface area is 163 Å². The first kappa shape index (κ1) is 17.7. The summed E-state index contributed by atoms with van der Waals surface area (Å²) in [6, 6.07) is 21.6. The Morgan fingerprint density at radius 3 is 2.46 bits per heavy atom. The van der Waals surface area contributed by atoms with Gasteiger partial charge in [0.25, 0.3) is 0 Å². The molecule has 1 atom stereocenters. The van der Waals surface area contributed by atoms with Gasteiger partial charge in [-0.05, 0) is 23.8 Å². The molecule has 5 heteroatoms. The van der Waals surface area contributed by atoms with E-state index in [1.54, 1.807) is 12.4 Å². The third-order valence-corrected chi connectivity index (χ3v) is 4.82. The second-order valence-corrected chi connectivity index (χ2v) is 6.58. The Bertz CT molecular complexity index is 1090. The van der Waals surface area contributed by atoms with Crippen molar-refractivity contribution < 1.29 is 5.21 Å². The van der Waals surface area contributed by atoms with Gasteiger partial charge in [-0.1, -0.05) is 60.6 Å². The number of aromatic amines is 1. The first-order chi connectivity index (χ1) is 13.8. The fourth-order valence-electron chi connectivity index (χ4n) is 3.22. The van der Waals surface area contributed by atoms with E-state index in [2.05, 4.69) is 39.2 Å². The van der Waals surface area contributed by atoms with E-state index < -0.39 is 0 Å². The molecule has 4 aromatic rings. The van der Waals surface area contributed by atoms with E-state index >= 15 is 0 Å². The van der Waals surface area contributed by atoms with Crippen LogP contribution < -0.4 is 0 Å². The molecular weight excluding hydrogens is 348 g/mol. The van der Waals surface area contributed by atoms with E-state index in [0.717, 1.165) is 33.8 Å². The van der Waals surface area contributed by atoms with Crippen molar-refractivity contribution in [1.29, 1.82) is 0 Å². The number of hydrogen-bond donors (Lipinski definition) is 2. The molecule has 0 aliphatic carbocycles. The number of pyridine rings is 1. The minimum atomic E-state index is 0.110. The Morgan fingerprint density at radius 1 is 0.964 bits per heavy atom. The molecule has 0 spiro atoms. The lowest BCUT2D eigenvalue weighted by Crippen LogP contribution is -2.05. The van der Waals surface area contributed by atoms with Crippen molar-refractivity contribution in [1.82, 2.24) is 15.0 Å². The van der Waals surface area contributed by atoms with Gasteiger partial charge in [0.2, 0.25) is 0 Å². The summed E-state index contributed by atoms with van der Waals surface area (Å²) in [5.41, 5.74) is 5.42. The lowest BCUT2D eigenvalue weighted by atomic mass is 9.94. The van der Waals surface area contributed by atoms with Crippen LogP contribution in [0.4, 0.5) is 0 Å². The highest BCUT2D eigenvalue weighted by atomic mass is 16.4. The van der Waals surface area contributed by atoms with E-state index in [-0.39, 0.29) is 5.92 Å². The molecule has 4 rings (SSSR count). The van der Waals surface area contributed by atoms with Gasteiger partial charge >= 0.3 is 0 Å². The van der Waals surface area contributed by atoms with Crippen molar-refractivity contribution in [2.24, 2.45) is 5.16 Å². The molecule has 0 aliphatic rings. The number of aromatic nitrogens is 3. The smallest absolute Gasteiger partial charge is 0.137 e. The number of nitrogens with zero attached hydrogens (tertiary/aromatic N) is 3. The van der Waals surface area contributed by atoms with Crippen molar-refractivity contribution in [2.45, 2.75) is 12.8 Å². The average molecular weight is 368 g/mol. The van der Waals surface area contributed by atoms with E-state index in [9.17, 15) is 5.21 Å². The van der Waals surface area contributed by atoms with Gasteiger partial charge in [-0.2, -0.15) is 0 Å². The molecule has 5 nitrogen and oxygen atoms in total. The lowest BCUT2D eigenvalue weighted by Gasteiger charge is -2.12. The molecule has 0 saturated heterocycles. The van der Waals surface area contributed by atoms with Gasteiger partial charge in [0.1, 0.15) is 11.5 Å². The van der Waals surface area contributed by atoms with Crippen molar-refractivity contribution in [2.75, 3.05) is 0 Å². The second kappa shape index (κ2) is 7.88. The molecule has 2 N–H and O–H groups in total. The molecule has 138 valence electrons. The van der Waals surface area contributed by atoms with E-state index in [1.165, 1.54) is 0 Å². The SMILES string of the molecule is CC(c1cccc(C(=NO)c2ccccc2)c1)c1cnc(-c2ccncc2)[nH]1. The summed E-state index contributed by atoms with van der Waals surface area (Å²) < 4.78 is 0. The van der Waals surface area contributed by atoms with Crippen LogP contribution in [-0.2, 0) is 0 Å². The Hall–Kier alpha value is -3.73. The van der Waals surface area contributed by atoms with Crippen LogP contribution in [0.2, 0.25) is 0 Å². The van der Waals surface area contributed by atoms with Crippen molar-refractivity contribution in [3.63, 3.8) is 0 Å². The van der Waals surface area contributed by atoms with Crippen LogP contribution in [-0.4, -0.2) is 25.9 Å². The first-order valence-corrected chi connectivity index (χ1v) is 9.09. The summed E-state index contributed by atoms with van der Waals surface area (Å²) in [6.45, 7) is 2.13. The Kier molecular flexibility index (Phi) is 4.97. The fraction of sp³-hybridized carbons (Fsp3) is 0.0870. The molecule has 2 heterocycles. The molecule has 2 aromatic carbocycles. The molecular formula is C23H20N4O. The minimum Gasteiger partial charge on any atom is -0.410 e. The highest BCUT2D eigenvalue weighted by Gasteiger charge is 2.15. The zero-order valence-corrected chi connectivity index (χ0v) is 15.4. The third-order valence-electron chi connectivity index (χ3n) is 4.82.